The number of benzene rings is 18. The Labute approximate surface area is 747 Å². The zero-order valence-electron chi connectivity index (χ0n) is 73.0. The highest BCUT2D eigenvalue weighted by atomic mass is 15.2. The molecule has 0 aliphatic carbocycles. The minimum absolute atomic E-state index is 0.189. The van der Waals surface area contributed by atoms with Crippen molar-refractivity contribution in [3.63, 3.8) is 0 Å². The Morgan fingerprint density at radius 2 is 0.457 bits per heavy atom. The fraction of sp³-hybridized carbons (Fsp3) is 0.0769. The van der Waals surface area contributed by atoms with E-state index in [1.165, 1.54) is 231 Å². The summed E-state index contributed by atoms with van der Waals surface area (Å²) in [6.45, 7) is 20.2. The number of rotatable bonds is 6. The fourth-order valence-corrected chi connectivity index (χ4v) is 25.9. The average Bonchev–Trinajstić information content (AvgIpc) is 1.64. The second-order valence-electron chi connectivity index (χ2n) is 37.7. The predicted octanol–water partition coefficient (Wildman–Crippen LogP) is 23.5. The van der Waals surface area contributed by atoms with Crippen LogP contribution in [0.25, 0.3) is 137 Å². The van der Waals surface area contributed by atoms with Gasteiger partial charge in [0, 0.05) is 122 Å². The van der Waals surface area contributed by atoms with E-state index in [0.29, 0.717) is 0 Å². The molecule has 0 atom stereocenters. The smallest absolute Gasteiger partial charge is 0.252 e. The normalized spacial score (nSPS) is 13.6. The highest BCUT2D eigenvalue weighted by Crippen LogP contribution is 2.54. The standard InChI is InChI=1S/C117H82B3N9/c1-64-48-67(4)113(68(5)49-64)127-102-62-92-88(118-86-38-26-36-84-82-34-16-24-46-100(82)125(116(84)86)105-55-73(54-93(121-92)110(105)118)122-94-40-18-10-28-76(94)77-29-11-19-41-95(77)122)60-89(102)120-91-61-90-103(63-104(91)129(115-71(8)52-66(3)53-72(115)9)109-59-75(58-108(127)112(109)120)124-98-44-22-14-32-80(98)81-33-15-23-45-99(81)124)128(114-69(6)50-65(2)51-70(114)7)107-57-74(123-96-42-20-12-30-78(96)79-31-13-21-43-97(79)123)56-106-111(107)119(90)87-39-27-37-85-83-35-17-25-47-101(83)126(106)117(85)87/h10-63,121H,1-9H3. The van der Waals surface area contributed by atoms with E-state index in [2.05, 4.69) is 433 Å². The molecule has 0 bridgehead atoms. The van der Waals surface area contributed by atoms with Gasteiger partial charge in [0.15, 0.2) is 0 Å². The maximum absolute atomic E-state index is 4.45. The number of fused-ring (bicyclic) bond motifs is 27. The summed E-state index contributed by atoms with van der Waals surface area (Å²) in [4.78, 5) is 8.25. The molecule has 0 saturated heterocycles. The lowest BCUT2D eigenvalue weighted by Gasteiger charge is -2.48. The number of aromatic nitrogens is 5. The second-order valence-corrected chi connectivity index (χ2v) is 37.7. The third kappa shape index (κ3) is 9.26. The van der Waals surface area contributed by atoms with E-state index in [0.717, 1.165) is 67.9 Å². The molecule has 1 N–H and O–H groups in total. The van der Waals surface area contributed by atoms with Crippen LogP contribution in [0.1, 0.15) is 50.1 Å². The zero-order chi connectivity index (χ0) is 85.4. The monoisotopic (exact) mass is 1650 g/mol. The lowest BCUT2D eigenvalue weighted by molar-refractivity contribution is 1.12. The average molecular weight is 1650 g/mol. The molecule has 6 aliphatic heterocycles. The van der Waals surface area contributed by atoms with Crippen molar-refractivity contribution < 1.29 is 0 Å². The largest absolute Gasteiger partial charge is 0.356 e. The van der Waals surface area contributed by atoms with Crippen molar-refractivity contribution in [2.75, 3.05) is 20.0 Å². The fourth-order valence-electron chi connectivity index (χ4n) is 25.9. The molecular weight excluding hydrogens is 1560 g/mol. The van der Waals surface area contributed by atoms with E-state index in [1.807, 2.05) is 0 Å². The highest BCUT2D eigenvalue weighted by Gasteiger charge is 2.51. The molecule has 29 rings (SSSR count). The van der Waals surface area contributed by atoms with Gasteiger partial charge in [-0.1, -0.05) is 247 Å². The van der Waals surface area contributed by atoms with E-state index in [-0.39, 0.29) is 20.1 Å². The summed E-state index contributed by atoms with van der Waals surface area (Å²) in [7, 11) is 0. The van der Waals surface area contributed by atoms with Crippen molar-refractivity contribution in [1.29, 1.82) is 0 Å². The summed E-state index contributed by atoms with van der Waals surface area (Å²) >= 11 is 0. The summed E-state index contributed by atoms with van der Waals surface area (Å²) in [5, 5.41) is 16.8. The van der Waals surface area contributed by atoms with Crippen LogP contribution in [0, 0.1) is 62.3 Å². The van der Waals surface area contributed by atoms with Crippen LogP contribution in [0.15, 0.2) is 328 Å². The summed E-state index contributed by atoms with van der Waals surface area (Å²) in [5.41, 5.74) is 52.8. The summed E-state index contributed by atoms with van der Waals surface area (Å²) in [6.07, 6.45) is 0. The number of nitrogens with one attached hydrogen (secondary N) is 1. The summed E-state index contributed by atoms with van der Waals surface area (Å²) in [6, 6.07) is 128. The van der Waals surface area contributed by atoms with Crippen LogP contribution in [0.4, 0.5) is 62.6 Å². The Morgan fingerprint density at radius 3 is 0.814 bits per heavy atom. The SMILES string of the molecule is Cc1cc(C)c(N2c3cc4c(cc3B3c5cc6c(cc5N(c5c(C)cc(C)cc5C)c5cc(-n7c8ccccc8c8ccccc87)cc2c53)N(c2c(C)cc(C)cc2C)c2cc(-n3c5ccccc5c5ccccc53)cc3c2B6c2cccc5c6ccccc6n-3c25)B2c3c(cc(-n5c6ccccc6c6ccccc65)cc3-n3c5ccccc5c5cccc2c53)N4)c(C)c1. The Kier molecular flexibility index (Phi) is 14.1. The van der Waals surface area contributed by atoms with Crippen LogP contribution in [-0.2, 0) is 0 Å². The summed E-state index contributed by atoms with van der Waals surface area (Å²) in [5.74, 6) is 0. The maximum Gasteiger partial charge on any atom is 0.252 e. The molecular formula is C117H82B3N9. The van der Waals surface area contributed by atoms with E-state index < -0.39 is 0 Å². The predicted molar refractivity (Wildman–Crippen MR) is 549 cm³/mol. The van der Waals surface area contributed by atoms with E-state index >= 15 is 0 Å². The topological polar surface area (TPSA) is 46.4 Å². The van der Waals surface area contributed by atoms with Crippen LogP contribution >= 0.6 is 0 Å². The van der Waals surface area contributed by atoms with Crippen molar-refractivity contribution in [2.24, 2.45) is 0 Å². The number of aryl methyl sites for hydroxylation is 9. The van der Waals surface area contributed by atoms with Crippen LogP contribution in [-0.4, -0.2) is 43.0 Å². The van der Waals surface area contributed by atoms with E-state index in [9.17, 15) is 0 Å². The second kappa shape index (κ2) is 25.4. The van der Waals surface area contributed by atoms with E-state index in [1.54, 1.807) is 0 Å². The molecule has 6 aliphatic rings. The molecule has 0 amide bonds. The van der Waals surface area contributed by atoms with Gasteiger partial charge >= 0.3 is 0 Å². The molecule has 0 radical (unpaired) electrons. The zero-order valence-corrected chi connectivity index (χ0v) is 73.0. The number of para-hydroxylation sites is 10. The number of nitrogens with zero attached hydrogens (tertiary/aromatic N) is 8. The van der Waals surface area contributed by atoms with Gasteiger partial charge in [-0.25, -0.2) is 0 Å². The lowest BCUT2D eigenvalue weighted by Crippen LogP contribution is -2.66. The molecule has 129 heavy (non-hydrogen) atoms. The van der Waals surface area contributed by atoms with Crippen LogP contribution in [0.2, 0.25) is 0 Å². The third-order valence-electron chi connectivity index (χ3n) is 30.2. The van der Waals surface area contributed by atoms with Gasteiger partial charge in [-0.3, -0.25) is 0 Å². The molecule has 9 nitrogen and oxygen atoms in total. The highest BCUT2D eigenvalue weighted by molar-refractivity contribution is 7.04. The number of hydrogen-bond donors (Lipinski definition) is 1. The molecule has 11 heterocycles. The van der Waals surface area contributed by atoms with Crippen molar-refractivity contribution >= 4 is 241 Å². The van der Waals surface area contributed by atoms with Gasteiger partial charge in [-0.05, 0) is 242 Å². The molecule has 18 aromatic carbocycles. The maximum atomic E-state index is 4.45. The first-order valence-electron chi connectivity index (χ1n) is 45.6. The Hall–Kier alpha value is -15.6. The Bertz CT molecular complexity index is 8950. The minimum atomic E-state index is -0.350. The van der Waals surface area contributed by atoms with E-state index in [4.69, 9.17) is 0 Å². The van der Waals surface area contributed by atoms with Gasteiger partial charge in [0.2, 0.25) is 0 Å². The van der Waals surface area contributed by atoms with Crippen LogP contribution in [0.5, 0.6) is 0 Å². The lowest BCUT2D eigenvalue weighted by atomic mass is 9.29. The van der Waals surface area contributed by atoms with Gasteiger partial charge in [0.25, 0.3) is 20.1 Å². The molecule has 0 spiro atoms. The molecule has 0 unspecified atom stereocenters. The number of anilines is 11. The van der Waals surface area contributed by atoms with Gasteiger partial charge in [0.1, 0.15) is 0 Å². The molecule has 12 heteroatoms. The summed E-state index contributed by atoms with van der Waals surface area (Å²) < 4.78 is 12.9. The minimum Gasteiger partial charge on any atom is -0.356 e. The first-order chi connectivity index (χ1) is 63.2. The van der Waals surface area contributed by atoms with Gasteiger partial charge in [-0.15, -0.1) is 0 Å². The molecule has 0 fully saturated rings. The van der Waals surface area contributed by atoms with Crippen molar-refractivity contribution in [2.45, 2.75) is 62.3 Å². The van der Waals surface area contributed by atoms with Crippen molar-refractivity contribution in [3.8, 4) is 28.4 Å². The Balaban J connectivity index is 0.782. The number of hydrogen-bond acceptors (Lipinski definition) is 4. The molecule has 0 saturated carbocycles. The first kappa shape index (κ1) is 71.6. The van der Waals surface area contributed by atoms with Crippen LogP contribution < -0.4 is 69.2 Å². The quantitative estimate of drug-likeness (QED) is 0.169. The van der Waals surface area contributed by atoms with Gasteiger partial charge in [0.05, 0.1) is 78.3 Å². The Morgan fingerprint density at radius 1 is 0.194 bits per heavy atom. The molecule has 604 valence electrons. The van der Waals surface area contributed by atoms with Crippen molar-refractivity contribution in [1.82, 2.24) is 22.8 Å². The third-order valence-corrected chi connectivity index (χ3v) is 30.2. The van der Waals surface area contributed by atoms with Gasteiger partial charge < -0.3 is 42.9 Å². The molecule has 5 aromatic heterocycles. The van der Waals surface area contributed by atoms with Crippen molar-refractivity contribution in [3.05, 3.63) is 378 Å². The first-order valence-corrected chi connectivity index (χ1v) is 45.6. The molecule has 23 aromatic rings. The van der Waals surface area contributed by atoms with Gasteiger partial charge in [-0.2, -0.15) is 0 Å². The van der Waals surface area contributed by atoms with Crippen LogP contribution in [0.3, 0.4) is 0 Å².